The maximum Gasteiger partial charge on any atom is 0.238 e. The predicted octanol–water partition coefficient (Wildman–Crippen LogP) is 2.90. The van der Waals surface area contributed by atoms with Crippen LogP contribution in [-0.4, -0.2) is 17.9 Å². The summed E-state index contributed by atoms with van der Waals surface area (Å²) >= 11 is 0. The lowest BCUT2D eigenvalue weighted by Crippen LogP contribution is -2.42. The SMILES string of the molecule is CC(C)CC(=O)Nc1cccc(CNC(=O)C2CC(c3ccccc3)NN2)c1. The average molecular weight is 380 g/mol. The van der Waals surface area contributed by atoms with Crippen molar-refractivity contribution in [1.29, 1.82) is 0 Å². The molecule has 2 unspecified atom stereocenters. The molecule has 2 aromatic rings. The summed E-state index contributed by atoms with van der Waals surface area (Å²) < 4.78 is 0. The maximum atomic E-state index is 12.5. The zero-order valence-electron chi connectivity index (χ0n) is 16.4. The molecule has 2 aromatic carbocycles. The van der Waals surface area contributed by atoms with Crippen molar-refractivity contribution in [3.05, 3.63) is 65.7 Å². The summed E-state index contributed by atoms with van der Waals surface area (Å²) in [7, 11) is 0. The molecule has 1 aliphatic heterocycles. The van der Waals surface area contributed by atoms with Crippen LogP contribution in [0.2, 0.25) is 0 Å². The molecule has 0 saturated carbocycles. The third-order valence-electron chi connectivity index (χ3n) is 4.69. The first-order chi connectivity index (χ1) is 13.5. The van der Waals surface area contributed by atoms with Crippen LogP contribution < -0.4 is 21.5 Å². The van der Waals surface area contributed by atoms with E-state index in [0.29, 0.717) is 25.3 Å². The minimum Gasteiger partial charge on any atom is -0.351 e. The minimum absolute atomic E-state index is 0.00405. The zero-order chi connectivity index (χ0) is 19.9. The lowest BCUT2D eigenvalue weighted by atomic mass is 10.0. The Morgan fingerprint density at radius 2 is 1.86 bits per heavy atom. The van der Waals surface area contributed by atoms with Gasteiger partial charge in [0.05, 0.1) is 0 Å². The summed E-state index contributed by atoms with van der Waals surface area (Å²) in [4.78, 5) is 24.4. The molecule has 0 aromatic heterocycles. The van der Waals surface area contributed by atoms with E-state index in [9.17, 15) is 9.59 Å². The Morgan fingerprint density at radius 1 is 1.07 bits per heavy atom. The third-order valence-corrected chi connectivity index (χ3v) is 4.69. The molecule has 1 saturated heterocycles. The zero-order valence-corrected chi connectivity index (χ0v) is 16.4. The smallest absolute Gasteiger partial charge is 0.238 e. The number of hydrazine groups is 1. The number of hydrogen-bond donors (Lipinski definition) is 4. The van der Waals surface area contributed by atoms with Crippen molar-refractivity contribution in [3.8, 4) is 0 Å². The molecule has 1 heterocycles. The second-order valence-corrected chi connectivity index (χ2v) is 7.60. The highest BCUT2D eigenvalue weighted by atomic mass is 16.2. The number of amides is 2. The van der Waals surface area contributed by atoms with E-state index in [0.717, 1.165) is 16.8 Å². The number of anilines is 1. The van der Waals surface area contributed by atoms with Gasteiger partial charge in [-0.1, -0.05) is 56.3 Å². The normalized spacial score (nSPS) is 18.8. The fraction of sp³-hybridized carbons (Fsp3) is 0.364. The highest BCUT2D eigenvalue weighted by Gasteiger charge is 2.29. The topological polar surface area (TPSA) is 82.3 Å². The first-order valence-corrected chi connectivity index (χ1v) is 9.74. The summed E-state index contributed by atoms with van der Waals surface area (Å²) in [6.45, 7) is 4.44. The van der Waals surface area contributed by atoms with Crippen LogP contribution in [0.4, 0.5) is 5.69 Å². The Hall–Kier alpha value is -2.70. The first-order valence-electron chi connectivity index (χ1n) is 9.74. The largest absolute Gasteiger partial charge is 0.351 e. The number of carbonyl (C=O) groups excluding carboxylic acids is 2. The van der Waals surface area contributed by atoms with E-state index in [-0.39, 0.29) is 23.9 Å². The molecule has 1 aliphatic rings. The van der Waals surface area contributed by atoms with Crippen LogP contribution in [0.3, 0.4) is 0 Å². The van der Waals surface area contributed by atoms with Gasteiger partial charge in [0.2, 0.25) is 11.8 Å². The average Bonchev–Trinajstić information content (AvgIpc) is 3.17. The molecule has 2 amide bonds. The number of rotatable bonds is 7. The van der Waals surface area contributed by atoms with E-state index in [4.69, 9.17) is 0 Å². The molecule has 28 heavy (non-hydrogen) atoms. The van der Waals surface area contributed by atoms with E-state index >= 15 is 0 Å². The molecule has 0 aliphatic carbocycles. The van der Waals surface area contributed by atoms with E-state index in [1.165, 1.54) is 0 Å². The summed E-state index contributed by atoms with van der Waals surface area (Å²) in [5.41, 5.74) is 9.13. The van der Waals surface area contributed by atoms with Gasteiger partial charge in [0, 0.05) is 24.7 Å². The molecule has 0 radical (unpaired) electrons. The fourth-order valence-corrected chi connectivity index (χ4v) is 3.29. The summed E-state index contributed by atoms with van der Waals surface area (Å²) in [6.07, 6.45) is 1.19. The Kier molecular flexibility index (Phi) is 6.79. The van der Waals surface area contributed by atoms with Crippen LogP contribution in [0.1, 0.15) is 43.9 Å². The lowest BCUT2D eigenvalue weighted by Gasteiger charge is -2.12. The molecular weight excluding hydrogens is 352 g/mol. The monoisotopic (exact) mass is 380 g/mol. The van der Waals surface area contributed by atoms with Gasteiger partial charge in [-0.3, -0.25) is 9.59 Å². The molecule has 1 fully saturated rings. The van der Waals surface area contributed by atoms with E-state index in [2.05, 4.69) is 33.6 Å². The van der Waals surface area contributed by atoms with Crippen LogP contribution in [0, 0.1) is 5.92 Å². The Balaban J connectivity index is 1.50. The van der Waals surface area contributed by atoms with Gasteiger partial charge in [-0.05, 0) is 35.6 Å². The van der Waals surface area contributed by atoms with Gasteiger partial charge in [-0.15, -0.1) is 0 Å². The Labute approximate surface area is 166 Å². The van der Waals surface area contributed by atoms with Crippen molar-refractivity contribution >= 4 is 17.5 Å². The second kappa shape index (κ2) is 9.48. The quantitative estimate of drug-likeness (QED) is 0.595. The standard InChI is InChI=1S/C22H28N4O2/c1-15(2)11-21(27)24-18-10-6-7-16(12-18)14-23-22(28)20-13-19(25-26-20)17-8-4-3-5-9-17/h3-10,12,15,19-20,25-26H,11,13-14H2,1-2H3,(H,23,28)(H,24,27). The maximum absolute atomic E-state index is 12.5. The van der Waals surface area contributed by atoms with Gasteiger partial charge in [-0.2, -0.15) is 0 Å². The molecule has 4 N–H and O–H groups in total. The summed E-state index contributed by atoms with van der Waals surface area (Å²) in [6, 6.07) is 17.5. The van der Waals surface area contributed by atoms with Crippen molar-refractivity contribution in [2.75, 3.05) is 5.32 Å². The van der Waals surface area contributed by atoms with E-state index < -0.39 is 0 Å². The molecule has 0 bridgehead atoms. The fourth-order valence-electron chi connectivity index (χ4n) is 3.29. The van der Waals surface area contributed by atoms with Crippen LogP contribution in [0.5, 0.6) is 0 Å². The summed E-state index contributed by atoms with van der Waals surface area (Å²) in [5, 5.41) is 5.88. The van der Waals surface area contributed by atoms with Crippen molar-refractivity contribution in [2.24, 2.45) is 5.92 Å². The van der Waals surface area contributed by atoms with Gasteiger partial charge in [0.1, 0.15) is 6.04 Å². The van der Waals surface area contributed by atoms with Crippen molar-refractivity contribution in [1.82, 2.24) is 16.2 Å². The van der Waals surface area contributed by atoms with Crippen LogP contribution in [0.15, 0.2) is 54.6 Å². The molecule has 6 heteroatoms. The molecule has 2 atom stereocenters. The number of nitrogens with one attached hydrogen (secondary N) is 4. The van der Waals surface area contributed by atoms with Crippen molar-refractivity contribution in [2.45, 2.75) is 45.3 Å². The Morgan fingerprint density at radius 3 is 2.61 bits per heavy atom. The van der Waals surface area contributed by atoms with E-state index in [1.54, 1.807) is 0 Å². The third kappa shape index (κ3) is 5.65. The van der Waals surface area contributed by atoms with E-state index in [1.807, 2.05) is 56.3 Å². The van der Waals surface area contributed by atoms with Crippen molar-refractivity contribution in [3.63, 3.8) is 0 Å². The van der Waals surface area contributed by atoms with Crippen LogP contribution >= 0.6 is 0 Å². The molecule has 0 spiro atoms. The number of carbonyl (C=O) groups is 2. The molecule has 3 rings (SSSR count). The summed E-state index contributed by atoms with van der Waals surface area (Å²) in [5.74, 6) is 0.277. The lowest BCUT2D eigenvalue weighted by molar-refractivity contribution is -0.123. The highest BCUT2D eigenvalue weighted by Crippen LogP contribution is 2.22. The first kappa shape index (κ1) is 20.0. The van der Waals surface area contributed by atoms with Crippen LogP contribution in [-0.2, 0) is 16.1 Å². The van der Waals surface area contributed by atoms with Gasteiger partial charge < -0.3 is 10.6 Å². The molecule has 6 nitrogen and oxygen atoms in total. The molecule has 148 valence electrons. The van der Waals surface area contributed by atoms with Crippen molar-refractivity contribution < 1.29 is 9.59 Å². The Bertz CT molecular complexity index is 807. The van der Waals surface area contributed by atoms with Crippen LogP contribution in [0.25, 0.3) is 0 Å². The minimum atomic E-state index is -0.279. The highest BCUT2D eigenvalue weighted by molar-refractivity contribution is 5.90. The molecular formula is C22H28N4O2. The van der Waals surface area contributed by atoms with Gasteiger partial charge in [0.15, 0.2) is 0 Å². The van der Waals surface area contributed by atoms with Gasteiger partial charge in [0.25, 0.3) is 0 Å². The number of hydrogen-bond acceptors (Lipinski definition) is 4. The van der Waals surface area contributed by atoms with Gasteiger partial charge in [-0.25, -0.2) is 10.9 Å². The van der Waals surface area contributed by atoms with Gasteiger partial charge >= 0.3 is 0 Å². The predicted molar refractivity (Wildman–Crippen MR) is 110 cm³/mol. The second-order valence-electron chi connectivity index (χ2n) is 7.60. The number of benzene rings is 2.